The zero-order valence-electron chi connectivity index (χ0n) is 16.2. The van der Waals surface area contributed by atoms with Crippen molar-refractivity contribution in [1.29, 1.82) is 0 Å². The molecule has 2 heterocycles. The smallest absolute Gasteiger partial charge is 0.318 e. The van der Waals surface area contributed by atoms with Crippen molar-refractivity contribution in [3.63, 3.8) is 0 Å². The largest absolute Gasteiger partial charge is 0.385 e. The van der Waals surface area contributed by atoms with Gasteiger partial charge in [0.15, 0.2) is 0 Å². The van der Waals surface area contributed by atoms with Crippen molar-refractivity contribution < 1.29 is 13.9 Å². The standard InChI is InChI=1S/C22H23ClFN3O2/c1-29-12-2-10-25-22(28)27-11-9-17-18-13-15(23)5-8-19(18)26-20(17)21(27)14-3-6-16(24)7-4-14/h3-8,13,21,26H,2,9-12H2,1H3,(H,25,28). The fourth-order valence-electron chi connectivity index (χ4n) is 3.98. The van der Waals surface area contributed by atoms with Gasteiger partial charge in [0.2, 0.25) is 0 Å². The van der Waals surface area contributed by atoms with E-state index in [9.17, 15) is 9.18 Å². The molecule has 1 aromatic heterocycles. The molecule has 2 N–H and O–H groups in total. The van der Waals surface area contributed by atoms with Crippen LogP contribution in [-0.2, 0) is 11.2 Å². The van der Waals surface area contributed by atoms with Crippen molar-refractivity contribution in [3.8, 4) is 0 Å². The van der Waals surface area contributed by atoms with Gasteiger partial charge in [-0.1, -0.05) is 23.7 Å². The molecule has 4 rings (SSSR count). The first-order valence-electron chi connectivity index (χ1n) is 9.67. The summed E-state index contributed by atoms with van der Waals surface area (Å²) < 4.78 is 18.6. The van der Waals surface area contributed by atoms with Crippen LogP contribution in [0.1, 0.15) is 29.3 Å². The number of H-pyrrole nitrogens is 1. The summed E-state index contributed by atoms with van der Waals surface area (Å²) in [5.41, 5.74) is 3.94. The van der Waals surface area contributed by atoms with E-state index in [0.717, 1.165) is 40.6 Å². The fraction of sp³-hybridized carbons (Fsp3) is 0.318. The molecule has 0 saturated heterocycles. The van der Waals surface area contributed by atoms with Gasteiger partial charge in [-0.25, -0.2) is 9.18 Å². The number of carbonyl (C=O) groups excluding carboxylic acids is 1. The summed E-state index contributed by atoms with van der Waals surface area (Å²) in [5, 5.41) is 4.72. The van der Waals surface area contributed by atoms with E-state index in [2.05, 4.69) is 10.3 Å². The predicted molar refractivity (Wildman–Crippen MR) is 112 cm³/mol. The number of methoxy groups -OCH3 is 1. The minimum atomic E-state index is -0.326. The Bertz CT molecular complexity index is 1020. The summed E-state index contributed by atoms with van der Waals surface area (Å²) in [5.74, 6) is -0.302. The maximum atomic E-state index is 13.5. The Morgan fingerprint density at radius 2 is 2.10 bits per heavy atom. The highest BCUT2D eigenvalue weighted by atomic mass is 35.5. The van der Waals surface area contributed by atoms with E-state index < -0.39 is 0 Å². The van der Waals surface area contributed by atoms with Gasteiger partial charge >= 0.3 is 6.03 Å². The summed E-state index contributed by atoms with van der Waals surface area (Å²) in [6.45, 7) is 1.69. The second kappa shape index (κ2) is 8.43. The molecule has 2 amide bonds. The molecule has 152 valence electrons. The van der Waals surface area contributed by atoms with E-state index in [1.54, 1.807) is 24.1 Å². The monoisotopic (exact) mass is 415 g/mol. The topological polar surface area (TPSA) is 57.4 Å². The first kappa shape index (κ1) is 19.7. The first-order valence-corrected chi connectivity index (χ1v) is 10.0. The van der Waals surface area contributed by atoms with Gasteiger partial charge in [-0.2, -0.15) is 0 Å². The van der Waals surface area contributed by atoms with E-state index in [1.807, 2.05) is 18.2 Å². The number of ether oxygens (including phenoxy) is 1. The molecule has 1 aliphatic rings. The van der Waals surface area contributed by atoms with E-state index in [4.69, 9.17) is 16.3 Å². The first-order chi connectivity index (χ1) is 14.1. The SMILES string of the molecule is COCCCNC(=O)N1CCc2c([nH]c3ccc(Cl)cc23)C1c1ccc(F)cc1. The lowest BCUT2D eigenvalue weighted by Crippen LogP contribution is -2.46. The van der Waals surface area contributed by atoms with E-state index in [1.165, 1.54) is 12.1 Å². The Kier molecular flexibility index (Phi) is 5.74. The minimum Gasteiger partial charge on any atom is -0.385 e. The van der Waals surface area contributed by atoms with Crippen molar-refractivity contribution in [2.45, 2.75) is 18.9 Å². The zero-order valence-corrected chi connectivity index (χ0v) is 16.9. The number of nitrogens with one attached hydrogen (secondary N) is 2. The van der Waals surface area contributed by atoms with Crippen LogP contribution in [0.3, 0.4) is 0 Å². The number of nitrogens with zero attached hydrogens (tertiary/aromatic N) is 1. The number of aromatic nitrogens is 1. The fourth-order valence-corrected chi connectivity index (χ4v) is 4.16. The van der Waals surface area contributed by atoms with Crippen LogP contribution >= 0.6 is 11.6 Å². The van der Waals surface area contributed by atoms with Gasteiger partial charge in [0, 0.05) is 48.4 Å². The normalized spacial score (nSPS) is 16.1. The molecule has 0 saturated carbocycles. The second-order valence-electron chi connectivity index (χ2n) is 7.18. The number of urea groups is 1. The molecule has 1 atom stereocenters. The maximum absolute atomic E-state index is 13.5. The third kappa shape index (κ3) is 3.95. The quantitative estimate of drug-likeness (QED) is 0.596. The van der Waals surface area contributed by atoms with Crippen molar-refractivity contribution >= 4 is 28.5 Å². The van der Waals surface area contributed by atoms with Crippen molar-refractivity contribution in [2.75, 3.05) is 26.8 Å². The van der Waals surface area contributed by atoms with Crippen LogP contribution in [0.5, 0.6) is 0 Å². The summed E-state index contributed by atoms with van der Waals surface area (Å²) in [7, 11) is 1.64. The number of amides is 2. The number of hydrogen-bond donors (Lipinski definition) is 2. The number of fused-ring (bicyclic) bond motifs is 3. The average Bonchev–Trinajstić information content (AvgIpc) is 3.09. The van der Waals surface area contributed by atoms with Crippen LogP contribution in [0.2, 0.25) is 5.02 Å². The van der Waals surface area contributed by atoms with E-state index >= 15 is 0 Å². The molecule has 0 bridgehead atoms. The molecular formula is C22H23ClFN3O2. The molecule has 0 fully saturated rings. The molecule has 1 unspecified atom stereocenters. The lowest BCUT2D eigenvalue weighted by Gasteiger charge is -2.36. The average molecular weight is 416 g/mol. The number of hydrogen-bond acceptors (Lipinski definition) is 2. The highest BCUT2D eigenvalue weighted by Crippen LogP contribution is 2.39. The molecule has 3 aromatic rings. The van der Waals surface area contributed by atoms with Gasteiger partial charge in [0.1, 0.15) is 5.82 Å². The zero-order chi connectivity index (χ0) is 20.4. The Hall–Kier alpha value is -2.57. The minimum absolute atomic E-state index is 0.141. The lowest BCUT2D eigenvalue weighted by atomic mass is 9.92. The molecule has 0 spiro atoms. The summed E-state index contributed by atoms with van der Waals surface area (Å²) in [6, 6.07) is 11.6. The molecule has 2 aromatic carbocycles. The highest BCUT2D eigenvalue weighted by molar-refractivity contribution is 6.31. The molecule has 29 heavy (non-hydrogen) atoms. The Labute approximate surface area is 173 Å². The van der Waals surface area contributed by atoms with Crippen molar-refractivity contribution in [3.05, 3.63) is 70.1 Å². The van der Waals surface area contributed by atoms with Gasteiger partial charge in [-0.3, -0.25) is 0 Å². The molecule has 1 aliphatic heterocycles. The van der Waals surface area contributed by atoms with Gasteiger partial charge in [0.05, 0.1) is 6.04 Å². The predicted octanol–water partition coefficient (Wildman–Crippen LogP) is 4.65. The van der Waals surface area contributed by atoms with Crippen molar-refractivity contribution in [1.82, 2.24) is 15.2 Å². The van der Waals surface area contributed by atoms with E-state index in [0.29, 0.717) is 24.7 Å². The summed E-state index contributed by atoms with van der Waals surface area (Å²) in [6.07, 6.45) is 1.46. The van der Waals surface area contributed by atoms with Crippen molar-refractivity contribution in [2.24, 2.45) is 0 Å². The van der Waals surface area contributed by atoms with Crippen LogP contribution in [0, 0.1) is 5.82 Å². The van der Waals surface area contributed by atoms with Gasteiger partial charge in [-0.15, -0.1) is 0 Å². The van der Waals surface area contributed by atoms with Crippen LogP contribution in [-0.4, -0.2) is 42.7 Å². The van der Waals surface area contributed by atoms with Crippen LogP contribution < -0.4 is 5.32 Å². The summed E-state index contributed by atoms with van der Waals surface area (Å²) in [4.78, 5) is 18.2. The third-order valence-electron chi connectivity index (χ3n) is 5.34. The van der Waals surface area contributed by atoms with Crippen LogP contribution in [0.4, 0.5) is 9.18 Å². The lowest BCUT2D eigenvalue weighted by molar-refractivity contribution is 0.173. The Balaban J connectivity index is 1.72. The molecule has 0 radical (unpaired) electrons. The maximum Gasteiger partial charge on any atom is 0.318 e. The van der Waals surface area contributed by atoms with Gasteiger partial charge in [-0.05, 0) is 54.3 Å². The Morgan fingerprint density at radius 1 is 1.31 bits per heavy atom. The summed E-state index contributed by atoms with van der Waals surface area (Å²) >= 11 is 6.21. The molecular weight excluding hydrogens is 393 g/mol. The van der Waals surface area contributed by atoms with Crippen LogP contribution in [0.25, 0.3) is 10.9 Å². The number of benzene rings is 2. The highest BCUT2D eigenvalue weighted by Gasteiger charge is 2.34. The van der Waals surface area contributed by atoms with E-state index in [-0.39, 0.29) is 17.9 Å². The second-order valence-corrected chi connectivity index (χ2v) is 7.62. The van der Waals surface area contributed by atoms with Crippen LogP contribution in [0.15, 0.2) is 42.5 Å². The molecule has 5 nitrogen and oxygen atoms in total. The molecule has 0 aliphatic carbocycles. The number of carbonyl (C=O) groups is 1. The Morgan fingerprint density at radius 3 is 2.86 bits per heavy atom. The third-order valence-corrected chi connectivity index (χ3v) is 5.57. The van der Waals surface area contributed by atoms with Gasteiger partial charge in [0.25, 0.3) is 0 Å². The van der Waals surface area contributed by atoms with Gasteiger partial charge < -0.3 is 19.9 Å². The number of halogens is 2. The number of rotatable bonds is 5. The molecule has 7 heteroatoms. The number of aromatic amines is 1.